The quantitative estimate of drug-likeness (QED) is 0.807. The van der Waals surface area contributed by atoms with E-state index in [9.17, 15) is 0 Å². The molecule has 108 valence electrons. The van der Waals surface area contributed by atoms with Gasteiger partial charge >= 0.3 is 0 Å². The third kappa shape index (κ3) is 5.71. The third-order valence-corrected chi connectivity index (χ3v) is 4.41. The first-order valence-electron chi connectivity index (χ1n) is 7.64. The van der Waals surface area contributed by atoms with Crippen molar-refractivity contribution in [3.8, 4) is 0 Å². The summed E-state index contributed by atoms with van der Waals surface area (Å²) in [6.45, 7) is 15.1. The fourth-order valence-corrected chi connectivity index (χ4v) is 2.99. The summed E-state index contributed by atoms with van der Waals surface area (Å²) in [6, 6.07) is 0. The first kappa shape index (κ1) is 16.0. The second-order valence-electron chi connectivity index (χ2n) is 7.87. The van der Waals surface area contributed by atoms with E-state index >= 15 is 0 Å². The first-order valence-corrected chi connectivity index (χ1v) is 7.64. The lowest BCUT2D eigenvalue weighted by Crippen LogP contribution is -2.43. The van der Waals surface area contributed by atoms with Crippen LogP contribution in [0.3, 0.4) is 0 Å². The van der Waals surface area contributed by atoms with Crippen molar-refractivity contribution in [2.75, 3.05) is 26.7 Å². The van der Waals surface area contributed by atoms with Crippen LogP contribution in [-0.4, -0.2) is 37.1 Å². The molecule has 0 aromatic rings. The molecule has 18 heavy (non-hydrogen) atoms. The molecule has 2 heteroatoms. The molecule has 0 saturated heterocycles. The van der Waals surface area contributed by atoms with Gasteiger partial charge in [-0.2, -0.15) is 0 Å². The molecule has 1 N–H and O–H groups in total. The van der Waals surface area contributed by atoms with E-state index in [2.05, 4.69) is 51.9 Å². The lowest BCUT2D eigenvalue weighted by Gasteiger charge is -2.40. The highest BCUT2D eigenvalue weighted by Crippen LogP contribution is 2.40. The molecular weight excluding hydrogens is 220 g/mol. The monoisotopic (exact) mass is 254 g/mol. The number of hydrogen-bond donors (Lipinski definition) is 1. The van der Waals surface area contributed by atoms with Gasteiger partial charge in [0.2, 0.25) is 0 Å². The van der Waals surface area contributed by atoms with Gasteiger partial charge in [0.1, 0.15) is 0 Å². The van der Waals surface area contributed by atoms with Crippen molar-refractivity contribution >= 4 is 0 Å². The fourth-order valence-electron chi connectivity index (χ4n) is 2.99. The molecule has 1 aliphatic carbocycles. The zero-order valence-electron chi connectivity index (χ0n) is 13.5. The van der Waals surface area contributed by atoms with Crippen LogP contribution >= 0.6 is 0 Å². The van der Waals surface area contributed by atoms with Gasteiger partial charge in [-0.3, -0.25) is 0 Å². The fraction of sp³-hybridized carbons (Fsp3) is 1.00. The normalized spacial score (nSPS) is 24.5. The Kier molecular flexibility index (Phi) is 5.67. The van der Waals surface area contributed by atoms with E-state index in [0.717, 1.165) is 19.0 Å². The number of nitrogens with one attached hydrogen (secondary N) is 1. The van der Waals surface area contributed by atoms with Crippen LogP contribution in [0.15, 0.2) is 0 Å². The molecule has 1 saturated carbocycles. The van der Waals surface area contributed by atoms with Crippen molar-refractivity contribution in [2.24, 2.45) is 11.3 Å². The highest BCUT2D eigenvalue weighted by atomic mass is 15.1. The smallest absolute Gasteiger partial charge is 0.0104 e. The number of likely N-dealkylation sites (N-methyl/N-ethyl adjacent to an activating group) is 1. The van der Waals surface area contributed by atoms with E-state index in [1.165, 1.54) is 32.2 Å². The van der Waals surface area contributed by atoms with Gasteiger partial charge in [0.25, 0.3) is 0 Å². The minimum absolute atomic E-state index is 0.241. The van der Waals surface area contributed by atoms with Crippen molar-refractivity contribution in [1.29, 1.82) is 0 Å². The Morgan fingerprint density at radius 2 is 1.89 bits per heavy atom. The Bertz CT molecular complexity index is 240. The third-order valence-electron chi connectivity index (χ3n) is 4.41. The van der Waals surface area contributed by atoms with Crippen LogP contribution in [0.1, 0.15) is 60.3 Å². The number of rotatable bonds is 5. The molecule has 0 aromatic heterocycles. The van der Waals surface area contributed by atoms with Crippen molar-refractivity contribution in [2.45, 2.75) is 65.8 Å². The van der Waals surface area contributed by atoms with Crippen LogP contribution in [-0.2, 0) is 0 Å². The van der Waals surface area contributed by atoms with Crippen LogP contribution in [0.4, 0.5) is 0 Å². The average molecular weight is 254 g/mol. The Morgan fingerprint density at radius 1 is 1.22 bits per heavy atom. The molecule has 0 aromatic carbocycles. The van der Waals surface area contributed by atoms with Crippen molar-refractivity contribution in [3.63, 3.8) is 0 Å². The van der Waals surface area contributed by atoms with Gasteiger partial charge in [0, 0.05) is 25.2 Å². The summed E-state index contributed by atoms with van der Waals surface area (Å²) in [5.74, 6) is 0.880. The Labute approximate surface area is 115 Å². The maximum absolute atomic E-state index is 3.57. The summed E-state index contributed by atoms with van der Waals surface area (Å²) in [5, 5.41) is 3.57. The summed E-state index contributed by atoms with van der Waals surface area (Å²) in [6.07, 6.45) is 5.69. The van der Waals surface area contributed by atoms with E-state index in [1.807, 2.05) is 0 Å². The topological polar surface area (TPSA) is 15.3 Å². The summed E-state index contributed by atoms with van der Waals surface area (Å²) in [4.78, 5) is 2.51. The molecule has 0 heterocycles. The maximum Gasteiger partial charge on any atom is 0.0104 e. The van der Waals surface area contributed by atoms with Crippen LogP contribution in [0.2, 0.25) is 0 Å². The Morgan fingerprint density at radius 3 is 2.44 bits per heavy atom. The summed E-state index contributed by atoms with van der Waals surface area (Å²) in [7, 11) is 2.27. The van der Waals surface area contributed by atoms with Crippen LogP contribution < -0.4 is 5.32 Å². The van der Waals surface area contributed by atoms with Crippen molar-refractivity contribution in [3.05, 3.63) is 0 Å². The molecule has 1 aliphatic rings. The first-order chi connectivity index (χ1) is 8.21. The van der Waals surface area contributed by atoms with E-state index < -0.39 is 0 Å². The van der Waals surface area contributed by atoms with Crippen molar-refractivity contribution < 1.29 is 0 Å². The number of hydrogen-bond acceptors (Lipinski definition) is 2. The van der Waals surface area contributed by atoms with Gasteiger partial charge in [0.15, 0.2) is 0 Å². The zero-order valence-corrected chi connectivity index (χ0v) is 13.5. The van der Waals surface area contributed by atoms with E-state index in [0.29, 0.717) is 5.41 Å². The predicted octanol–water partition coefficient (Wildman–Crippen LogP) is 3.52. The lowest BCUT2D eigenvalue weighted by atomic mass is 9.69. The zero-order chi connectivity index (χ0) is 13.8. The molecule has 0 radical (unpaired) electrons. The van der Waals surface area contributed by atoms with Gasteiger partial charge < -0.3 is 10.2 Å². The Hall–Kier alpha value is -0.0800. The molecule has 0 bridgehead atoms. The number of nitrogens with zero attached hydrogens (tertiary/aromatic N) is 1. The molecule has 2 nitrogen and oxygen atoms in total. The second-order valence-corrected chi connectivity index (χ2v) is 7.87. The average Bonchev–Trinajstić information content (AvgIpc) is 2.19. The van der Waals surface area contributed by atoms with E-state index in [1.54, 1.807) is 0 Å². The van der Waals surface area contributed by atoms with Gasteiger partial charge in [-0.05, 0) is 52.0 Å². The van der Waals surface area contributed by atoms with Crippen LogP contribution in [0.25, 0.3) is 0 Å². The molecule has 0 amide bonds. The highest BCUT2D eigenvalue weighted by molar-refractivity contribution is 4.84. The molecule has 1 rings (SSSR count). The summed E-state index contributed by atoms with van der Waals surface area (Å²) >= 11 is 0. The van der Waals surface area contributed by atoms with Gasteiger partial charge in [0.05, 0.1) is 0 Å². The molecule has 0 spiro atoms. The minimum Gasteiger partial charge on any atom is -0.311 e. The SMILES string of the molecule is CN(CCNC(C)(C)C)CC1CCCCC1(C)C. The summed E-state index contributed by atoms with van der Waals surface area (Å²) in [5.41, 5.74) is 0.787. The van der Waals surface area contributed by atoms with Crippen molar-refractivity contribution in [1.82, 2.24) is 10.2 Å². The summed E-state index contributed by atoms with van der Waals surface area (Å²) < 4.78 is 0. The molecule has 1 atom stereocenters. The standard InChI is InChI=1S/C16H34N2/c1-15(2,3)17-11-12-18(6)13-14-9-7-8-10-16(14,4)5/h14,17H,7-13H2,1-6H3. The van der Waals surface area contributed by atoms with E-state index in [4.69, 9.17) is 0 Å². The molecule has 0 aliphatic heterocycles. The highest BCUT2D eigenvalue weighted by Gasteiger charge is 2.32. The maximum atomic E-state index is 3.57. The van der Waals surface area contributed by atoms with Gasteiger partial charge in [-0.25, -0.2) is 0 Å². The lowest BCUT2D eigenvalue weighted by molar-refractivity contribution is 0.0992. The van der Waals surface area contributed by atoms with Crippen LogP contribution in [0.5, 0.6) is 0 Å². The minimum atomic E-state index is 0.241. The predicted molar refractivity (Wildman–Crippen MR) is 81.0 cm³/mol. The molecular formula is C16H34N2. The largest absolute Gasteiger partial charge is 0.311 e. The molecule has 1 fully saturated rings. The second kappa shape index (κ2) is 6.38. The van der Waals surface area contributed by atoms with Crippen LogP contribution in [0, 0.1) is 11.3 Å². The van der Waals surface area contributed by atoms with E-state index in [-0.39, 0.29) is 5.54 Å². The van der Waals surface area contributed by atoms with Gasteiger partial charge in [-0.15, -0.1) is 0 Å². The van der Waals surface area contributed by atoms with Gasteiger partial charge in [-0.1, -0.05) is 26.7 Å². The Balaban J connectivity index is 2.28. The molecule has 1 unspecified atom stereocenters.